The number of aromatic nitrogens is 1. The van der Waals surface area contributed by atoms with Gasteiger partial charge in [0.15, 0.2) is 16.6 Å². The largest absolute Gasteiger partial charge is 0.493 e. The van der Waals surface area contributed by atoms with E-state index in [4.69, 9.17) is 30.8 Å². The summed E-state index contributed by atoms with van der Waals surface area (Å²) in [6.07, 6.45) is 0.813. The van der Waals surface area contributed by atoms with E-state index in [1.54, 1.807) is 37.3 Å². The van der Waals surface area contributed by atoms with Crippen molar-refractivity contribution >= 4 is 56.6 Å². The van der Waals surface area contributed by atoms with Gasteiger partial charge >= 0.3 is 0 Å². The molecule has 1 aromatic heterocycles. The minimum Gasteiger partial charge on any atom is -0.493 e. The average Bonchev–Trinajstić information content (AvgIpc) is 3.25. The lowest BCUT2D eigenvalue weighted by Gasteiger charge is -2.28. The number of fused-ring (bicyclic) bond motifs is 1. The van der Waals surface area contributed by atoms with Crippen molar-refractivity contribution in [2.75, 3.05) is 58.5 Å². The van der Waals surface area contributed by atoms with Crippen molar-refractivity contribution in [2.24, 2.45) is 0 Å². The fraction of sp³-hybridized carbons (Fsp3) is 0.417. The Bertz CT molecular complexity index is 1130. The van der Waals surface area contributed by atoms with Crippen LogP contribution in [-0.2, 0) is 4.74 Å². The highest BCUT2D eigenvalue weighted by Gasteiger charge is 2.26. The number of carbonyl (C=O) groups is 1. The Kier molecular flexibility index (Phi) is 9.39. The molecule has 0 spiro atoms. The lowest BCUT2D eigenvalue weighted by atomic mass is 10.1. The van der Waals surface area contributed by atoms with E-state index in [0.29, 0.717) is 33.8 Å². The van der Waals surface area contributed by atoms with E-state index in [-0.39, 0.29) is 18.3 Å². The summed E-state index contributed by atoms with van der Waals surface area (Å²) >= 11 is 7.74. The average molecular weight is 526 g/mol. The van der Waals surface area contributed by atoms with Crippen LogP contribution in [0.1, 0.15) is 22.3 Å². The zero-order valence-corrected chi connectivity index (χ0v) is 21.9. The van der Waals surface area contributed by atoms with Crippen LogP contribution in [0.3, 0.4) is 0 Å². The second-order valence-electron chi connectivity index (χ2n) is 7.87. The molecule has 10 heteroatoms. The smallest absolute Gasteiger partial charge is 0.263 e. The summed E-state index contributed by atoms with van der Waals surface area (Å²) in [5.74, 6) is 0.766. The summed E-state index contributed by atoms with van der Waals surface area (Å²) in [6, 6.07) is 9.12. The number of halogens is 2. The van der Waals surface area contributed by atoms with E-state index in [9.17, 15) is 4.79 Å². The molecular formula is C24H29Cl2N3O4S. The molecule has 0 saturated carbocycles. The number of ether oxygens (including phenoxy) is 3. The zero-order valence-electron chi connectivity index (χ0n) is 19.5. The maximum absolute atomic E-state index is 13.8. The molecule has 0 atom stereocenters. The number of para-hydroxylation sites is 1. The Morgan fingerprint density at radius 2 is 2.00 bits per heavy atom. The Balaban J connectivity index is 0.00000324. The molecule has 1 aliphatic rings. The molecule has 3 aromatic rings. The Morgan fingerprint density at radius 3 is 2.71 bits per heavy atom. The van der Waals surface area contributed by atoms with Gasteiger partial charge in [-0.1, -0.05) is 29.0 Å². The van der Waals surface area contributed by atoms with Crippen molar-refractivity contribution in [3.63, 3.8) is 0 Å². The van der Waals surface area contributed by atoms with Gasteiger partial charge in [0.1, 0.15) is 0 Å². The highest BCUT2D eigenvalue weighted by atomic mass is 35.5. The monoisotopic (exact) mass is 525 g/mol. The highest BCUT2D eigenvalue weighted by molar-refractivity contribution is 7.22. The molecule has 1 amide bonds. The second-order valence-corrected chi connectivity index (χ2v) is 9.32. The van der Waals surface area contributed by atoms with Gasteiger partial charge in [-0.3, -0.25) is 14.6 Å². The first-order chi connectivity index (χ1) is 16.0. The summed E-state index contributed by atoms with van der Waals surface area (Å²) < 4.78 is 17.3. The quantitative estimate of drug-likeness (QED) is 0.409. The first-order valence-electron chi connectivity index (χ1n) is 10.9. The van der Waals surface area contributed by atoms with Crippen molar-refractivity contribution in [1.82, 2.24) is 9.88 Å². The summed E-state index contributed by atoms with van der Waals surface area (Å²) in [7, 11) is 3.10. The summed E-state index contributed by atoms with van der Waals surface area (Å²) in [5, 5.41) is 1.31. The maximum Gasteiger partial charge on any atom is 0.263 e. The third kappa shape index (κ3) is 5.75. The molecular weight excluding hydrogens is 497 g/mol. The first-order valence-corrected chi connectivity index (χ1v) is 12.1. The van der Waals surface area contributed by atoms with Crippen molar-refractivity contribution < 1.29 is 19.0 Å². The van der Waals surface area contributed by atoms with E-state index < -0.39 is 0 Å². The molecule has 1 aliphatic heterocycles. The molecule has 0 N–H and O–H groups in total. The molecule has 0 unspecified atom stereocenters. The molecule has 7 nitrogen and oxygen atoms in total. The van der Waals surface area contributed by atoms with Gasteiger partial charge in [0.05, 0.1) is 43.2 Å². The fourth-order valence-corrected chi connectivity index (χ4v) is 5.46. The number of amides is 1. The van der Waals surface area contributed by atoms with Crippen molar-refractivity contribution in [1.29, 1.82) is 0 Å². The van der Waals surface area contributed by atoms with Gasteiger partial charge in [0.2, 0.25) is 0 Å². The highest BCUT2D eigenvalue weighted by Crippen LogP contribution is 2.36. The van der Waals surface area contributed by atoms with Crippen LogP contribution < -0.4 is 14.4 Å². The molecule has 184 valence electrons. The van der Waals surface area contributed by atoms with E-state index in [1.807, 2.05) is 19.1 Å². The Morgan fingerprint density at radius 1 is 1.24 bits per heavy atom. The minimum absolute atomic E-state index is 0. The number of aryl methyl sites for hydroxylation is 1. The van der Waals surface area contributed by atoms with Crippen LogP contribution in [0.4, 0.5) is 5.13 Å². The molecule has 0 radical (unpaired) electrons. The number of morpholine rings is 1. The van der Waals surface area contributed by atoms with Gasteiger partial charge in [-0.25, -0.2) is 4.98 Å². The maximum atomic E-state index is 13.8. The molecule has 4 rings (SSSR count). The van der Waals surface area contributed by atoms with Gasteiger partial charge in [-0.15, -0.1) is 12.4 Å². The lowest BCUT2D eigenvalue weighted by molar-refractivity contribution is 0.0376. The number of nitrogens with zero attached hydrogens (tertiary/aromatic N) is 3. The van der Waals surface area contributed by atoms with Gasteiger partial charge in [0.25, 0.3) is 5.91 Å². The van der Waals surface area contributed by atoms with Gasteiger partial charge < -0.3 is 14.2 Å². The standard InChI is InChI=1S/C24H28ClN3O4S.ClH/c1-16-14-17(25)15-20-21(16)26-24(33-20)28(9-5-8-27-10-12-32-13-11-27)23(29)18-6-4-7-19(30-2)22(18)31-3;/h4,6-7,14-15H,5,8-13H2,1-3H3;1H. The van der Waals surface area contributed by atoms with Crippen LogP contribution in [0.2, 0.25) is 5.02 Å². The predicted molar refractivity (Wildman–Crippen MR) is 140 cm³/mol. The number of carbonyl (C=O) groups excluding carboxylic acids is 1. The van der Waals surface area contributed by atoms with Gasteiger partial charge in [-0.05, 0) is 43.2 Å². The molecule has 2 aromatic carbocycles. The first kappa shape index (κ1) is 26.5. The van der Waals surface area contributed by atoms with E-state index >= 15 is 0 Å². The predicted octanol–water partition coefficient (Wildman–Crippen LogP) is 5.07. The SMILES string of the molecule is COc1cccc(C(=O)N(CCCN2CCOCC2)c2nc3c(C)cc(Cl)cc3s2)c1OC.Cl. The number of methoxy groups -OCH3 is 2. The Labute approximate surface area is 215 Å². The number of anilines is 1. The molecule has 34 heavy (non-hydrogen) atoms. The second kappa shape index (κ2) is 12.0. The minimum atomic E-state index is -0.171. The van der Waals surface area contributed by atoms with Crippen LogP contribution in [0, 0.1) is 6.92 Å². The van der Waals surface area contributed by atoms with Crippen molar-refractivity contribution in [2.45, 2.75) is 13.3 Å². The molecule has 2 heterocycles. The van der Waals surface area contributed by atoms with Gasteiger partial charge in [0, 0.05) is 31.2 Å². The lowest BCUT2D eigenvalue weighted by Crippen LogP contribution is -2.39. The van der Waals surface area contributed by atoms with Gasteiger partial charge in [-0.2, -0.15) is 0 Å². The number of benzene rings is 2. The number of rotatable bonds is 8. The molecule has 0 aliphatic carbocycles. The van der Waals surface area contributed by atoms with Crippen LogP contribution in [0.15, 0.2) is 30.3 Å². The van der Waals surface area contributed by atoms with E-state index in [0.717, 1.165) is 55.0 Å². The normalized spacial score (nSPS) is 14.0. The molecule has 1 fully saturated rings. The third-order valence-corrected chi connectivity index (χ3v) is 6.95. The molecule has 1 saturated heterocycles. The zero-order chi connectivity index (χ0) is 23.4. The van der Waals surface area contributed by atoms with Crippen molar-refractivity contribution in [3.05, 3.63) is 46.5 Å². The van der Waals surface area contributed by atoms with E-state index in [2.05, 4.69) is 4.90 Å². The van der Waals surface area contributed by atoms with Crippen LogP contribution in [-0.4, -0.2) is 69.4 Å². The van der Waals surface area contributed by atoms with Crippen LogP contribution in [0.5, 0.6) is 11.5 Å². The number of thiazole rings is 1. The van der Waals surface area contributed by atoms with E-state index in [1.165, 1.54) is 11.3 Å². The number of hydrogen-bond donors (Lipinski definition) is 0. The number of hydrogen-bond acceptors (Lipinski definition) is 7. The summed E-state index contributed by atoms with van der Waals surface area (Å²) in [5.41, 5.74) is 2.29. The summed E-state index contributed by atoms with van der Waals surface area (Å²) in [6.45, 7) is 6.73. The third-order valence-electron chi connectivity index (χ3n) is 5.71. The Hall–Kier alpha value is -2.10. The van der Waals surface area contributed by atoms with Crippen LogP contribution in [0.25, 0.3) is 10.2 Å². The fourth-order valence-electron chi connectivity index (χ4n) is 4.02. The summed E-state index contributed by atoms with van der Waals surface area (Å²) in [4.78, 5) is 22.7. The van der Waals surface area contributed by atoms with Crippen LogP contribution >= 0.6 is 35.3 Å². The van der Waals surface area contributed by atoms with Crippen molar-refractivity contribution in [3.8, 4) is 11.5 Å². The topological polar surface area (TPSA) is 64.1 Å². The molecule has 0 bridgehead atoms.